The summed E-state index contributed by atoms with van der Waals surface area (Å²) in [5.41, 5.74) is 4.44. The Morgan fingerprint density at radius 1 is 1.22 bits per heavy atom. The lowest BCUT2D eigenvalue weighted by molar-refractivity contribution is 1.05. The van der Waals surface area contributed by atoms with Crippen LogP contribution in [-0.4, -0.2) is 15.3 Å². The van der Waals surface area contributed by atoms with Gasteiger partial charge in [-0.2, -0.15) is 5.10 Å². The van der Waals surface area contributed by atoms with Crippen molar-refractivity contribution in [3.63, 3.8) is 0 Å². The highest BCUT2D eigenvalue weighted by atomic mass is 32.1. The highest BCUT2D eigenvalue weighted by Gasteiger charge is 2.04. The van der Waals surface area contributed by atoms with Crippen LogP contribution in [0.25, 0.3) is 0 Å². The molecule has 0 aliphatic rings. The Labute approximate surface area is 112 Å². The number of hydrogen-bond donors (Lipinski definition) is 3. The summed E-state index contributed by atoms with van der Waals surface area (Å²) < 4.78 is 0. The maximum absolute atomic E-state index is 5.25. The lowest BCUT2D eigenvalue weighted by atomic mass is 10.1. The van der Waals surface area contributed by atoms with Gasteiger partial charge in [0.15, 0.2) is 10.9 Å². The quantitative estimate of drug-likeness (QED) is 0.726. The number of benzene rings is 1. The average molecular weight is 260 g/mol. The zero-order valence-electron chi connectivity index (χ0n) is 10.7. The molecule has 0 fully saturated rings. The second kappa shape index (κ2) is 5.18. The largest absolute Gasteiger partial charge is 0.332 e. The lowest BCUT2D eigenvalue weighted by Crippen LogP contribution is -2.20. The average Bonchev–Trinajstić information content (AvgIpc) is 2.70. The van der Waals surface area contributed by atoms with E-state index in [9.17, 15) is 0 Å². The maximum atomic E-state index is 5.25. The van der Waals surface area contributed by atoms with Crippen molar-refractivity contribution in [1.82, 2.24) is 10.2 Å². The first-order valence-corrected chi connectivity index (χ1v) is 6.13. The van der Waals surface area contributed by atoms with Crippen LogP contribution in [-0.2, 0) is 0 Å². The molecule has 1 heterocycles. The van der Waals surface area contributed by atoms with Gasteiger partial charge >= 0.3 is 0 Å². The Hall–Kier alpha value is -1.88. The van der Waals surface area contributed by atoms with E-state index in [-0.39, 0.29) is 0 Å². The Bertz CT molecular complexity index is 574. The zero-order chi connectivity index (χ0) is 13.1. The van der Waals surface area contributed by atoms with Crippen molar-refractivity contribution in [2.45, 2.75) is 20.8 Å². The number of aryl methyl sites for hydroxylation is 2. The summed E-state index contributed by atoms with van der Waals surface area (Å²) in [4.78, 5) is 0. The van der Waals surface area contributed by atoms with Crippen LogP contribution in [0.5, 0.6) is 0 Å². The van der Waals surface area contributed by atoms with Gasteiger partial charge < -0.3 is 10.6 Å². The fourth-order valence-electron chi connectivity index (χ4n) is 1.64. The Kier molecular flexibility index (Phi) is 3.62. The van der Waals surface area contributed by atoms with Crippen molar-refractivity contribution >= 4 is 28.8 Å². The first-order valence-electron chi connectivity index (χ1n) is 5.72. The minimum absolute atomic E-state index is 0.537. The van der Waals surface area contributed by atoms with E-state index >= 15 is 0 Å². The van der Waals surface area contributed by atoms with Crippen molar-refractivity contribution in [3.05, 3.63) is 41.1 Å². The molecule has 0 atom stereocenters. The number of anilines is 2. The Morgan fingerprint density at radius 2 is 2.00 bits per heavy atom. The Balaban J connectivity index is 2.05. The van der Waals surface area contributed by atoms with E-state index < -0.39 is 0 Å². The van der Waals surface area contributed by atoms with Crippen LogP contribution in [0.4, 0.5) is 11.5 Å². The summed E-state index contributed by atoms with van der Waals surface area (Å²) in [7, 11) is 0. The predicted molar refractivity (Wildman–Crippen MR) is 79.1 cm³/mol. The molecule has 2 aromatic rings. The van der Waals surface area contributed by atoms with Crippen molar-refractivity contribution in [1.29, 1.82) is 0 Å². The topological polar surface area (TPSA) is 52.7 Å². The van der Waals surface area contributed by atoms with Gasteiger partial charge in [0, 0.05) is 17.4 Å². The fraction of sp³-hybridized carbons (Fsp3) is 0.231. The van der Waals surface area contributed by atoms with Gasteiger partial charge in [-0.05, 0) is 50.2 Å². The van der Waals surface area contributed by atoms with Gasteiger partial charge in [0.25, 0.3) is 0 Å². The first-order chi connectivity index (χ1) is 8.56. The van der Waals surface area contributed by atoms with Crippen molar-refractivity contribution in [2.24, 2.45) is 0 Å². The molecular weight excluding hydrogens is 244 g/mol. The van der Waals surface area contributed by atoms with Crippen LogP contribution in [0, 0.1) is 20.8 Å². The summed E-state index contributed by atoms with van der Waals surface area (Å²) in [6.07, 6.45) is 0. The smallest absolute Gasteiger partial charge is 0.176 e. The molecule has 0 aliphatic carbocycles. The van der Waals surface area contributed by atoms with Gasteiger partial charge in [0.1, 0.15) is 0 Å². The molecule has 3 N–H and O–H groups in total. The number of rotatable bonds is 2. The Morgan fingerprint density at radius 3 is 2.67 bits per heavy atom. The minimum atomic E-state index is 0.537. The van der Waals surface area contributed by atoms with Crippen molar-refractivity contribution in [2.75, 3.05) is 10.6 Å². The predicted octanol–water partition coefficient (Wildman–Crippen LogP) is 3.14. The monoisotopic (exact) mass is 260 g/mol. The minimum Gasteiger partial charge on any atom is -0.332 e. The summed E-state index contributed by atoms with van der Waals surface area (Å²) in [5, 5.41) is 13.7. The molecule has 18 heavy (non-hydrogen) atoms. The van der Waals surface area contributed by atoms with Crippen molar-refractivity contribution < 1.29 is 0 Å². The standard InChI is InChI=1S/C13H16N4S/c1-8-5-4-6-11(10(8)3)14-13(18)15-12-7-9(2)16-17-12/h4-7H,1-3H3,(H3,14,15,16,17,18). The molecule has 1 aromatic heterocycles. The number of H-pyrrole nitrogens is 1. The fourth-order valence-corrected chi connectivity index (χ4v) is 1.85. The molecule has 94 valence electrons. The van der Waals surface area contributed by atoms with Gasteiger partial charge in [-0.3, -0.25) is 5.10 Å². The first kappa shape index (κ1) is 12.6. The summed E-state index contributed by atoms with van der Waals surface area (Å²) >= 11 is 5.25. The van der Waals surface area contributed by atoms with Gasteiger partial charge in [-0.15, -0.1) is 0 Å². The van der Waals surface area contributed by atoms with E-state index in [1.165, 1.54) is 11.1 Å². The van der Waals surface area contributed by atoms with Crippen molar-refractivity contribution in [3.8, 4) is 0 Å². The number of nitrogens with zero attached hydrogens (tertiary/aromatic N) is 1. The van der Waals surface area contributed by atoms with E-state index in [1.807, 2.05) is 25.1 Å². The summed E-state index contributed by atoms with van der Waals surface area (Å²) in [5.74, 6) is 0.718. The molecule has 4 nitrogen and oxygen atoms in total. The van der Waals surface area contributed by atoms with Crippen LogP contribution in [0.2, 0.25) is 0 Å². The molecule has 5 heteroatoms. The molecule has 2 rings (SSSR count). The van der Waals surface area contributed by atoms with Crippen LogP contribution >= 0.6 is 12.2 Å². The third-order valence-corrected chi connectivity index (χ3v) is 3.00. The highest BCUT2D eigenvalue weighted by Crippen LogP contribution is 2.18. The number of nitrogens with one attached hydrogen (secondary N) is 3. The number of thiocarbonyl (C=S) groups is 1. The van der Waals surface area contributed by atoms with Crippen LogP contribution in [0.15, 0.2) is 24.3 Å². The molecule has 0 radical (unpaired) electrons. The highest BCUT2D eigenvalue weighted by molar-refractivity contribution is 7.80. The molecule has 1 aromatic carbocycles. The number of hydrogen-bond acceptors (Lipinski definition) is 2. The van der Waals surface area contributed by atoms with Gasteiger partial charge in [0.05, 0.1) is 0 Å². The van der Waals surface area contributed by atoms with Gasteiger partial charge in [-0.1, -0.05) is 12.1 Å². The summed E-state index contributed by atoms with van der Waals surface area (Å²) in [6, 6.07) is 7.99. The third-order valence-electron chi connectivity index (χ3n) is 2.80. The molecule has 0 saturated heterocycles. The summed E-state index contributed by atoms with van der Waals surface area (Å²) in [6.45, 7) is 6.09. The molecular formula is C13H16N4S. The van der Waals surface area contributed by atoms with E-state index in [2.05, 4.69) is 40.7 Å². The van der Waals surface area contributed by atoms with Crippen LogP contribution < -0.4 is 10.6 Å². The van der Waals surface area contributed by atoms with Gasteiger partial charge in [0.2, 0.25) is 0 Å². The van der Waals surface area contributed by atoms with Crippen LogP contribution in [0.3, 0.4) is 0 Å². The van der Waals surface area contributed by atoms with E-state index in [1.54, 1.807) is 0 Å². The second-order valence-electron chi connectivity index (χ2n) is 4.26. The van der Waals surface area contributed by atoms with E-state index in [0.717, 1.165) is 17.2 Å². The second-order valence-corrected chi connectivity index (χ2v) is 4.67. The molecule has 0 saturated carbocycles. The molecule has 0 bridgehead atoms. The third kappa shape index (κ3) is 2.87. The number of aromatic nitrogens is 2. The van der Waals surface area contributed by atoms with E-state index in [4.69, 9.17) is 12.2 Å². The van der Waals surface area contributed by atoms with Crippen LogP contribution in [0.1, 0.15) is 16.8 Å². The molecule has 0 aliphatic heterocycles. The lowest BCUT2D eigenvalue weighted by Gasteiger charge is -2.12. The van der Waals surface area contributed by atoms with Gasteiger partial charge in [-0.25, -0.2) is 0 Å². The van der Waals surface area contributed by atoms with E-state index in [0.29, 0.717) is 5.11 Å². The molecule has 0 spiro atoms. The molecule has 0 unspecified atom stereocenters. The zero-order valence-corrected chi connectivity index (χ0v) is 11.5. The maximum Gasteiger partial charge on any atom is 0.176 e. The normalized spacial score (nSPS) is 10.2. The molecule has 0 amide bonds. The SMILES string of the molecule is Cc1cc(NC(=S)Nc2cccc(C)c2C)n[nH]1. The number of aromatic amines is 1.